The van der Waals surface area contributed by atoms with Crippen molar-refractivity contribution < 1.29 is 24.2 Å². The van der Waals surface area contributed by atoms with Gasteiger partial charge in [-0.2, -0.15) is 0 Å². The Labute approximate surface area is 99.7 Å². The summed E-state index contributed by atoms with van der Waals surface area (Å²) in [7, 11) is 1.21. The summed E-state index contributed by atoms with van der Waals surface area (Å²) in [6.07, 6.45) is 0. The Hall–Kier alpha value is -1.79. The van der Waals surface area contributed by atoms with E-state index in [9.17, 15) is 14.4 Å². The van der Waals surface area contributed by atoms with Crippen molar-refractivity contribution >= 4 is 18.0 Å². The molecule has 1 atom stereocenters. The fourth-order valence-corrected chi connectivity index (χ4v) is 1.14. The predicted octanol–water partition coefficient (Wildman–Crippen LogP) is 0.0525. The number of hydrogen-bond donors (Lipinski definition) is 2. The van der Waals surface area contributed by atoms with E-state index in [4.69, 9.17) is 5.11 Å². The van der Waals surface area contributed by atoms with Gasteiger partial charge >= 0.3 is 18.0 Å². The third-order valence-electron chi connectivity index (χ3n) is 2.08. The maximum atomic E-state index is 11.7. The lowest BCUT2D eigenvalue weighted by molar-refractivity contribution is -0.142. The van der Waals surface area contributed by atoms with Gasteiger partial charge < -0.3 is 20.1 Å². The molecule has 7 heteroatoms. The van der Waals surface area contributed by atoms with Gasteiger partial charge in [0.25, 0.3) is 0 Å². The van der Waals surface area contributed by atoms with Gasteiger partial charge in [-0.1, -0.05) is 0 Å². The maximum absolute atomic E-state index is 11.7. The van der Waals surface area contributed by atoms with Crippen LogP contribution in [0, 0.1) is 0 Å². The number of urea groups is 1. The highest BCUT2D eigenvalue weighted by Crippen LogP contribution is 2.00. The Morgan fingerprint density at radius 2 is 1.82 bits per heavy atom. The van der Waals surface area contributed by atoms with Gasteiger partial charge in [-0.3, -0.25) is 4.79 Å². The van der Waals surface area contributed by atoms with E-state index in [2.05, 4.69) is 10.1 Å². The monoisotopic (exact) mass is 246 g/mol. The smallest absolute Gasteiger partial charge is 0.328 e. The van der Waals surface area contributed by atoms with Crippen molar-refractivity contribution in [1.82, 2.24) is 10.2 Å². The topological polar surface area (TPSA) is 95.9 Å². The molecule has 0 aliphatic carbocycles. The fraction of sp³-hybridized carbons (Fsp3) is 0.700. The lowest BCUT2D eigenvalue weighted by Crippen LogP contribution is -2.50. The molecule has 0 spiro atoms. The van der Waals surface area contributed by atoms with Gasteiger partial charge in [-0.15, -0.1) is 0 Å². The van der Waals surface area contributed by atoms with Gasteiger partial charge in [-0.05, 0) is 20.8 Å². The normalized spacial score (nSPS) is 11.8. The average molecular weight is 246 g/mol. The Morgan fingerprint density at radius 3 is 2.18 bits per heavy atom. The van der Waals surface area contributed by atoms with E-state index >= 15 is 0 Å². The number of rotatable bonds is 5. The Bertz CT molecular complexity index is 303. The van der Waals surface area contributed by atoms with Crippen molar-refractivity contribution in [3.05, 3.63) is 0 Å². The van der Waals surface area contributed by atoms with E-state index in [1.165, 1.54) is 14.0 Å². The van der Waals surface area contributed by atoms with E-state index in [1.807, 2.05) is 0 Å². The highest BCUT2D eigenvalue weighted by atomic mass is 16.5. The number of ether oxygens (including phenoxy) is 1. The van der Waals surface area contributed by atoms with Gasteiger partial charge in [0, 0.05) is 6.04 Å². The summed E-state index contributed by atoms with van der Waals surface area (Å²) in [6, 6.07) is -1.71. The van der Waals surface area contributed by atoms with Crippen molar-refractivity contribution in [3.63, 3.8) is 0 Å². The summed E-state index contributed by atoms with van der Waals surface area (Å²) in [6.45, 7) is 4.41. The lowest BCUT2D eigenvalue weighted by atomic mass is 10.3. The molecule has 0 radical (unpaired) electrons. The number of carbonyl (C=O) groups excluding carboxylic acids is 2. The minimum Gasteiger partial charge on any atom is -0.480 e. The van der Waals surface area contributed by atoms with Crippen LogP contribution in [0.2, 0.25) is 0 Å². The number of aliphatic carboxylic acids is 1. The number of carbonyl (C=O) groups is 3. The second-order valence-corrected chi connectivity index (χ2v) is 3.81. The van der Waals surface area contributed by atoms with Crippen molar-refractivity contribution in [2.24, 2.45) is 0 Å². The first-order chi connectivity index (χ1) is 7.79. The molecule has 0 aliphatic heterocycles. The molecule has 0 bridgehead atoms. The molecule has 0 aliphatic rings. The molecule has 2 N–H and O–H groups in total. The van der Waals surface area contributed by atoms with Gasteiger partial charge in [0.1, 0.15) is 12.6 Å². The van der Waals surface area contributed by atoms with Crippen LogP contribution in [0.25, 0.3) is 0 Å². The predicted molar refractivity (Wildman–Crippen MR) is 59.5 cm³/mol. The number of carboxylic acids is 1. The summed E-state index contributed by atoms with van der Waals surface area (Å²) in [4.78, 5) is 34.5. The molecule has 0 rings (SSSR count). The second-order valence-electron chi connectivity index (χ2n) is 3.81. The van der Waals surface area contributed by atoms with Crippen LogP contribution < -0.4 is 5.32 Å². The SMILES string of the molecule is COC(=O)C(C)NC(=O)N(CC(=O)O)C(C)C. The summed E-state index contributed by atoms with van der Waals surface area (Å²) in [5, 5.41) is 11.0. The molecule has 0 fully saturated rings. The molecule has 0 saturated heterocycles. The molecule has 0 heterocycles. The first kappa shape index (κ1) is 15.2. The molecule has 7 nitrogen and oxygen atoms in total. The van der Waals surface area contributed by atoms with Crippen LogP contribution in [0.4, 0.5) is 4.79 Å². The molecule has 0 saturated carbocycles. The molecular weight excluding hydrogens is 228 g/mol. The quantitative estimate of drug-likeness (QED) is 0.668. The van der Waals surface area contributed by atoms with Crippen LogP contribution in [0.5, 0.6) is 0 Å². The summed E-state index contributed by atoms with van der Waals surface area (Å²) < 4.78 is 4.45. The second kappa shape index (κ2) is 6.72. The van der Waals surface area contributed by atoms with E-state index in [0.29, 0.717) is 0 Å². The van der Waals surface area contributed by atoms with Crippen molar-refractivity contribution in [2.45, 2.75) is 32.9 Å². The standard InChI is InChI=1S/C10H18N2O5/c1-6(2)12(5-8(13)14)10(16)11-7(3)9(15)17-4/h6-7H,5H2,1-4H3,(H,11,16)(H,13,14). The molecule has 17 heavy (non-hydrogen) atoms. The number of hydrogen-bond acceptors (Lipinski definition) is 4. The Kier molecular flexibility index (Phi) is 6.01. The zero-order valence-electron chi connectivity index (χ0n) is 10.4. The third-order valence-corrected chi connectivity index (χ3v) is 2.08. The van der Waals surface area contributed by atoms with Crippen molar-refractivity contribution in [2.75, 3.05) is 13.7 Å². The van der Waals surface area contributed by atoms with E-state index in [1.54, 1.807) is 13.8 Å². The van der Waals surface area contributed by atoms with Gasteiger partial charge in [0.05, 0.1) is 7.11 Å². The molecule has 98 valence electrons. The van der Waals surface area contributed by atoms with E-state index in [-0.39, 0.29) is 6.04 Å². The van der Waals surface area contributed by atoms with Crippen LogP contribution in [0.15, 0.2) is 0 Å². The van der Waals surface area contributed by atoms with Crippen LogP contribution in [-0.4, -0.2) is 53.7 Å². The third kappa shape index (κ3) is 5.19. The number of nitrogens with zero attached hydrogens (tertiary/aromatic N) is 1. The van der Waals surface area contributed by atoms with Crippen LogP contribution in [-0.2, 0) is 14.3 Å². The summed E-state index contributed by atoms with van der Waals surface area (Å²) in [5.41, 5.74) is 0. The highest BCUT2D eigenvalue weighted by molar-refractivity contribution is 5.85. The van der Waals surface area contributed by atoms with Gasteiger partial charge in [-0.25, -0.2) is 9.59 Å². The highest BCUT2D eigenvalue weighted by Gasteiger charge is 2.23. The van der Waals surface area contributed by atoms with Crippen molar-refractivity contribution in [3.8, 4) is 0 Å². The van der Waals surface area contributed by atoms with Crippen LogP contribution in [0.1, 0.15) is 20.8 Å². The van der Waals surface area contributed by atoms with Crippen LogP contribution >= 0.6 is 0 Å². The molecule has 0 aromatic rings. The zero-order valence-corrected chi connectivity index (χ0v) is 10.4. The fourth-order valence-electron chi connectivity index (χ4n) is 1.14. The molecular formula is C10H18N2O5. The summed E-state index contributed by atoms with van der Waals surface area (Å²) in [5.74, 6) is -1.70. The number of carboxylic acid groups (broad SMARTS) is 1. The zero-order chi connectivity index (χ0) is 13.6. The first-order valence-electron chi connectivity index (χ1n) is 5.16. The first-order valence-corrected chi connectivity index (χ1v) is 5.16. The number of amides is 2. The lowest BCUT2D eigenvalue weighted by Gasteiger charge is -2.26. The van der Waals surface area contributed by atoms with Crippen LogP contribution in [0.3, 0.4) is 0 Å². The minimum atomic E-state index is -1.11. The summed E-state index contributed by atoms with van der Waals surface area (Å²) >= 11 is 0. The van der Waals surface area contributed by atoms with Gasteiger partial charge in [0.2, 0.25) is 0 Å². The number of methoxy groups -OCH3 is 1. The molecule has 2 amide bonds. The number of nitrogens with one attached hydrogen (secondary N) is 1. The van der Waals surface area contributed by atoms with Gasteiger partial charge in [0.15, 0.2) is 0 Å². The Morgan fingerprint density at radius 1 is 1.29 bits per heavy atom. The molecule has 0 aromatic heterocycles. The maximum Gasteiger partial charge on any atom is 0.328 e. The molecule has 0 aromatic carbocycles. The van der Waals surface area contributed by atoms with Crippen molar-refractivity contribution in [1.29, 1.82) is 0 Å². The minimum absolute atomic E-state index is 0.282. The number of esters is 1. The van der Waals surface area contributed by atoms with E-state index in [0.717, 1.165) is 4.90 Å². The molecule has 1 unspecified atom stereocenters. The Balaban J connectivity index is 4.53. The largest absolute Gasteiger partial charge is 0.480 e. The van der Waals surface area contributed by atoms with E-state index < -0.39 is 30.6 Å². The average Bonchev–Trinajstić information content (AvgIpc) is 2.23.